The highest BCUT2D eigenvalue weighted by Crippen LogP contribution is 2.50. The van der Waals surface area contributed by atoms with E-state index in [4.69, 9.17) is 13.8 Å². The number of rotatable bonds is 8. The molecule has 0 saturated heterocycles. The van der Waals surface area contributed by atoms with Crippen LogP contribution in [0.2, 0.25) is 0 Å². The van der Waals surface area contributed by atoms with Gasteiger partial charge in [0.1, 0.15) is 6.35 Å². The number of ether oxygens (including phenoxy) is 1. The second kappa shape index (κ2) is 8.95. The second-order valence-electron chi connectivity index (χ2n) is 6.80. The Morgan fingerprint density at radius 1 is 1.15 bits per heavy atom. The summed E-state index contributed by atoms with van der Waals surface area (Å²) in [5, 5.41) is 0. The van der Waals surface area contributed by atoms with Crippen LogP contribution in [0.15, 0.2) is 34.0 Å². The fourth-order valence-electron chi connectivity index (χ4n) is 2.75. The molecule has 0 spiro atoms. The lowest BCUT2D eigenvalue weighted by atomic mass is 10.0. The summed E-state index contributed by atoms with van der Waals surface area (Å²) < 4.78 is 30.9. The molecule has 26 heavy (non-hydrogen) atoms. The van der Waals surface area contributed by atoms with Gasteiger partial charge < -0.3 is 13.8 Å². The first-order chi connectivity index (χ1) is 12.2. The Morgan fingerprint density at radius 3 is 2.31 bits per heavy atom. The maximum absolute atomic E-state index is 12.8. The van der Waals surface area contributed by atoms with Crippen LogP contribution in [-0.4, -0.2) is 34.2 Å². The SMILES string of the molecule is CC(C)OP(=O)(CO[C@@H]1C=C[C@H](n2ccc(=O)[nH]c2=O)CC1)OC(C)C. The van der Waals surface area contributed by atoms with E-state index in [1.54, 1.807) is 27.7 Å². The van der Waals surface area contributed by atoms with Crippen molar-refractivity contribution in [3.8, 4) is 0 Å². The lowest BCUT2D eigenvalue weighted by Gasteiger charge is -2.27. The van der Waals surface area contributed by atoms with Gasteiger partial charge in [0.25, 0.3) is 5.56 Å². The van der Waals surface area contributed by atoms with Gasteiger partial charge in [-0.2, -0.15) is 0 Å². The molecule has 1 aliphatic carbocycles. The van der Waals surface area contributed by atoms with Crippen molar-refractivity contribution < 1.29 is 18.3 Å². The van der Waals surface area contributed by atoms with Crippen LogP contribution in [0.25, 0.3) is 0 Å². The first-order valence-corrected chi connectivity index (χ1v) is 10.5. The van der Waals surface area contributed by atoms with E-state index in [1.807, 2.05) is 12.2 Å². The van der Waals surface area contributed by atoms with Crippen LogP contribution in [0, 0.1) is 0 Å². The van der Waals surface area contributed by atoms with Crippen molar-refractivity contribution >= 4 is 7.60 Å². The molecule has 0 unspecified atom stereocenters. The van der Waals surface area contributed by atoms with E-state index in [9.17, 15) is 14.2 Å². The van der Waals surface area contributed by atoms with Crippen molar-refractivity contribution in [3.63, 3.8) is 0 Å². The van der Waals surface area contributed by atoms with Crippen molar-refractivity contribution in [3.05, 3.63) is 45.3 Å². The number of hydrogen-bond acceptors (Lipinski definition) is 6. The maximum atomic E-state index is 12.8. The van der Waals surface area contributed by atoms with E-state index < -0.39 is 18.8 Å². The number of allylic oxidation sites excluding steroid dienone is 1. The van der Waals surface area contributed by atoms with Crippen molar-refractivity contribution in [1.29, 1.82) is 0 Å². The van der Waals surface area contributed by atoms with E-state index in [0.717, 1.165) is 0 Å². The number of aromatic nitrogens is 2. The lowest BCUT2D eigenvalue weighted by molar-refractivity contribution is 0.0668. The molecule has 8 nitrogen and oxygen atoms in total. The molecule has 1 aliphatic rings. The zero-order chi connectivity index (χ0) is 19.3. The second-order valence-corrected chi connectivity index (χ2v) is 8.70. The van der Waals surface area contributed by atoms with Gasteiger partial charge >= 0.3 is 13.3 Å². The monoisotopic (exact) mass is 386 g/mol. The summed E-state index contributed by atoms with van der Waals surface area (Å²) in [5.41, 5.74) is -0.856. The number of H-pyrrole nitrogens is 1. The summed E-state index contributed by atoms with van der Waals surface area (Å²) in [6, 6.07) is 1.17. The van der Waals surface area contributed by atoms with Gasteiger partial charge in [-0.3, -0.25) is 18.9 Å². The van der Waals surface area contributed by atoms with Gasteiger partial charge in [-0.05, 0) is 40.5 Å². The summed E-state index contributed by atoms with van der Waals surface area (Å²) in [6.45, 7) is 7.18. The fraction of sp³-hybridized carbons (Fsp3) is 0.647. The minimum Gasteiger partial charge on any atom is -0.362 e. The van der Waals surface area contributed by atoms with Crippen molar-refractivity contribution in [2.45, 2.75) is 64.9 Å². The summed E-state index contributed by atoms with van der Waals surface area (Å²) in [6.07, 6.45) is 5.66. The molecule has 1 heterocycles. The molecule has 0 saturated carbocycles. The molecule has 9 heteroatoms. The average molecular weight is 386 g/mol. The predicted octanol–water partition coefficient (Wildman–Crippen LogP) is 2.81. The highest BCUT2D eigenvalue weighted by Gasteiger charge is 2.30. The summed E-state index contributed by atoms with van der Waals surface area (Å²) >= 11 is 0. The van der Waals surface area contributed by atoms with Crippen LogP contribution < -0.4 is 11.2 Å². The molecule has 1 aromatic rings. The molecule has 2 rings (SSSR count). The molecule has 0 fully saturated rings. The Bertz CT molecular complexity index is 768. The largest absolute Gasteiger partial charge is 0.362 e. The average Bonchev–Trinajstić information content (AvgIpc) is 2.52. The molecule has 0 bridgehead atoms. The Hall–Kier alpha value is -1.47. The van der Waals surface area contributed by atoms with Crippen LogP contribution >= 0.6 is 7.60 Å². The third-order valence-electron chi connectivity index (χ3n) is 3.69. The fourth-order valence-corrected chi connectivity index (χ4v) is 4.58. The van der Waals surface area contributed by atoms with Crippen LogP contribution in [0.1, 0.15) is 46.6 Å². The quantitative estimate of drug-likeness (QED) is 0.545. The predicted molar refractivity (Wildman–Crippen MR) is 98.5 cm³/mol. The topological polar surface area (TPSA) is 99.6 Å². The van der Waals surface area contributed by atoms with Crippen molar-refractivity contribution in [1.82, 2.24) is 9.55 Å². The van der Waals surface area contributed by atoms with Gasteiger partial charge in [0.15, 0.2) is 0 Å². The van der Waals surface area contributed by atoms with Crippen molar-refractivity contribution in [2.75, 3.05) is 6.35 Å². The molecule has 1 N–H and O–H groups in total. The highest BCUT2D eigenvalue weighted by molar-refractivity contribution is 7.53. The van der Waals surface area contributed by atoms with Gasteiger partial charge in [0, 0.05) is 12.3 Å². The molecular formula is C17H27N2O6P. The number of aromatic amines is 1. The minimum atomic E-state index is -3.34. The lowest BCUT2D eigenvalue weighted by Crippen LogP contribution is -2.32. The Morgan fingerprint density at radius 2 is 1.81 bits per heavy atom. The first kappa shape index (κ1) is 20.8. The number of hydrogen-bond donors (Lipinski definition) is 1. The van der Waals surface area contributed by atoms with E-state index in [0.29, 0.717) is 12.8 Å². The summed E-state index contributed by atoms with van der Waals surface area (Å²) in [7, 11) is -3.34. The zero-order valence-electron chi connectivity index (χ0n) is 15.6. The minimum absolute atomic E-state index is 0.123. The third-order valence-corrected chi connectivity index (χ3v) is 5.64. The Labute approximate surface area is 152 Å². The van der Waals surface area contributed by atoms with E-state index in [1.165, 1.54) is 16.8 Å². The number of nitrogens with zero attached hydrogens (tertiary/aromatic N) is 1. The van der Waals surface area contributed by atoms with Crippen LogP contribution in [-0.2, 0) is 18.3 Å². The highest BCUT2D eigenvalue weighted by atomic mass is 31.2. The zero-order valence-corrected chi connectivity index (χ0v) is 16.5. The van der Waals surface area contributed by atoms with E-state index in [-0.39, 0.29) is 30.7 Å². The van der Waals surface area contributed by atoms with Gasteiger partial charge in [-0.1, -0.05) is 12.2 Å². The standard InChI is InChI=1S/C17H27N2O6P/c1-12(2)24-26(22,25-13(3)4)11-23-15-7-5-14(6-8-15)19-10-9-16(20)18-17(19)21/h5,7,9-10,12-15H,6,8,11H2,1-4H3,(H,18,20,21)/t14-,15+/m0/s1. The molecule has 2 atom stereocenters. The molecule has 0 amide bonds. The molecule has 1 aromatic heterocycles. The molecular weight excluding hydrogens is 359 g/mol. The normalized spacial score (nSPS) is 20.8. The Kier molecular flexibility index (Phi) is 7.17. The van der Waals surface area contributed by atoms with E-state index >= 15 is 0 Å². The third kappa shape index (κ3) is 6.06. The molecule has 0 aliphatic heterocycles. The smallest absolute Gasteiger partial charge is 0.356 e. The summed E-state index contributed by atoms with van der Waals surface area (Å²) in [5.74, 6) is 0. The van der Waals surface area contributed by atoms with Crippen LogP contribution in [0.4, 0.5) is 0 Å². The van der Waals surface area contributed by atoms with Gasteiger partial charge in [0.2, 0.25) is 0 Å². The van der Waals surface area contributed by atoms with Crippen LogP contribution in [0.5, 0.6) is 0 Å². The molecule has 0 radical (unpaired) electrons. The van der Waals surface area contributed by atoms with Gasteiger partial charge in [-0.25, -0.2) is 4.79 Å². The van der Waals surface area contributed by atoms with Gasteiger partial charge in [0.05, 0.1) is 24.4 Å². The summed E-state index contributed by atoms with van der Waals surface area (Å²) in [4.78, 5) is 25.3. The molecule has 146 valence electrons. The maximum Gasteiger partial charge on any atom is 0.356 e. The van der Waals surface area contributed by atoms with E-state index in [2.05, 4.69) is 4.98 Å². The van der Waals surface area contributed by atoms with Crippen molar-refractivity contribution in [2.24, 2.45) is 0 Å². The van der Waals surface area contributed by atoms with Gasteiger partial charge in [-0.15, -0.1) is 0 Å². The number of nitrogens with one attached hydrogen (secondary N) is 1. The molecule has 0 aromatic carbocycles. The first-order valence-electron chi connectivity index (χ1n) is 8.76. The Balaban J connectivity index is 1.98. The van der Waals surface area contributed by atoms with Crippen LogP contribution in [0.3, 0.4) is 0 Å².